The molecule has 0 saturated carbocycles. The van der Waals surface area contributed by atoms with Gasteiger partial charge in [-0.05, 0) is 262 Å². The van der Waals surface area contributed by atoms with E-state index in [9.17, 15) is 0 Å². The average molecular weight is 1390 g/mol. The molecule has 9 heteroatoms. The lowest BCUT2D eigenvalue weighted by molar-refractivity contribution is 0.242. The Morgan fingerprint density at radius 3 is 1.03 bits per heavy atom. The first-order valence-corrected chi connectivity index (χ1v) is 38.0. The van der Waals surface area contributed by atoms with Crippen molar-refractivity contribution in [2.24, 2.45) is 0 Å². The second-order valence-corrected chi connectivity index (χ2v) is 29.7. The number of methoxy groups -OCH3 is 1. The van der Waals surface area contributed by atoms with Crippen molar-refractivity contribution in [3.8, 4) is 11.5 Å². The molecule has 0 bridgehead atoms. The Bertz CT molecular complexity index is 5160. The topological polar surface area (TPSA) is 82.9 Å². The molecule has 0 unspecified atom stereocenters. The van der Waals surface area contributed by atoms with Crippen molar-refractivity contribution in [2.75, 3.05) is 7.11 Å². The van der Waals surface area contributed by atoms with Gasteiger partial charge in [0.25, 0.3) is 0 Å². The predicted molar refractivity (Wildman–Crippen MR) is 439 cm³/mol. The van der Waals surface area contributed by atoms with Crippen LogP contribution in [0.25, 0.3) is 54.5 Å². The minimum absolute atomic E-state index is 0.214. The number of ether oxygens (including phenoxy) is 2. The molecule has 7 nitrogen and oxygen atoms in total. The zero-order valence-corrected chi connectivity index (χ0v) is 63.7. The van der Waals surface area contributed by atoms with Crippen molar-refractivity contribution >= 4 is 77.2 Å². The Balaban J connectivity index is 0.000000129. The fraction of sp³-hybridized carbons (Fsp3) is 0.245. The normalized spacial score (nSPS) is 11.0. The number of para-hydroxylation sites is 6. The lowest BCUT2D eigenvalue weighted by Gasteiger charge is -2.12. The van der Waals surface area contributed by atoms with Crippen molar-refractivity contribution in [1.82, 2.24) is 24.9 Å². The summed E-state index contributed by atoms with van der Waals surface area (Å²) in [7, 11) is 1.74. The van der Waals surface area contributed by atoms with E-state index in [4.69, 9.17) is 34.4 Å². The van der Waals surface area contributed by atoms with Gasteiger partial charge in [0.15, 0.2) is 0 Å². The summed E-state index contributed by atoms with van der Waals surface area (Å²) in [5, 5.41) is 8.36. The van der Waals surface area contributed by atoms with Crippen molar-refractivity contribution in [3.05, 3.63) is 346 Å². The van der Waals surface area contributed by atoms with Crippen LogP contribution in [0.5, 0.6) is 11.5 Å². The molecule has 522 valence electrons. The van der Waals surface area contributed by atoms with Crippen LogP contribution >= 0.6 is 22.7 Å². The largest absolute Gasteiger partial charge is 0.496 e. The van der Waals surface area contributed by atoms with E-state index in [1.807, 2.05) is 50.4 Å². The summed E-state index contributed by atoms with van der Waals surface area (Å²) in [6.07, 6.45) is 10.6. The molecule has 0 amide bonds. The summed E-state index contributed by atoms with van der Waals surface area (Å²) < 4.78 is 11.2. The quantitative estimate of drug-likeness (QED) is 0.0846. The van der Waals surface area contributed by atoms with E-state index < -0.39 is 0 Å². The van der Waals surface area contributed by atoms with Crippen LogP contribution in [0, 0.1) is 62.3 Å². The number of aryl methyl sites for hydroxylation is 19. The van der Waals surface area contributed by atoms with Gasteiger partial charge in [0.05, 0.1) is 40.8 Å². The predicted octanol–water partition coefficient (Wildman–Crippen LogP) is 23.8. The lowest BCUT2D eigenvalue weighted by atomic mass is 9.99. The molecule has 15 aromatic rings. The molecule has 0 saturated heterocycles. The fourth-order valence-electron chi connectivity index (χ4n) is 13.1. The summed E-state index contributed by atoms with van der Waals surface area (Å²) in [6.45, 7) is 22.9. The molecule has 0 radical (unpaired) electrons. The van der Waals surface area contributed by atoms with Gasteiger partial charge in [0.2, 0.25) is 0 Å². The van der Waals surface area contributed by atoms with Crippen molar-refractivity contribution in [2.45, 2.75) is 146 Å². The number of thiophene rings is 2. The second kappa shape index (κ2) is 36.1. The molecular formula is C94H97N5O2S2. The molecule has 0 aliphatic carbocycles. The lowest BCUT2D eigenvalue weighted by Crippen LogP contribution is -2.05. The number of hydrogen-bond donors (Lipinski definition) is 0. The minimum atomic E-state index is 0.214. The molecule has 7 heterocycles. The van der Waals surface area contributed by atoms with Gasteiger partial charge in [0, 0.05) is 70.0 Å². The summed E-state index contributed by atoms with van der Waals surface area (Å²) in [4.78, 5) is 27.8. The number of nitrogens with zero attached hydrogens (tertiary/aromatic N) is 5. The molecule has 0 aliphatic heterocycles. The number of pyridine rings is 5. The highest BCUT2D eigenvalue weighted by Gasteiger charge is 2.12. The molecule has 0 fully saturated rings. The molecule has 0 spiro atoms. The summed E-state index contributed by atoms with van der Waals surface area (Å²) in [5.41, 5.74) is 25.6. The van der Waals surface area contributed by atoms with E-state index >= 15 is 0 Å². The molecular weight excluding hydrogens is 1300 g/mol. The minimum Gasteiger partial charge on any atom is -0.496 e. The van der Waals surface area contributed by atoms with Crippen LogP contribution in [-0.2, 0) is 64.2 Å². The van der Waals surface area contributed by atoms with Gasteiger partial charge in [0.1, 0.15) is 11.5 Å². The number of rotatable bonds is 18. The van der Waals surface area contributed by atoms with Crippen LogP contribution in [0.3, 0.4) is 0 Å². The Morgan fingerprint density at radius 2 is 0.670 bits per heavy atom. The fourth-order valence-corrected chi connectivity index (χ4v) is 14.9. The maximum atomic E-state index is 5.69. The van der Waals surface area contributed by atoms with Crippen LogP contribution in [-0.4, -0.2) is 38.1 Å². The zero-order chi connectivity index (χ0) is 72.2. The van der Waals surface area contributed by atoms with E-state index in [2.05, 4.69) is 290 Å². The molecule has 0 atom stereocenters. The Kier molecular flexibility index (Phi) is 25.9. The van der Waals surface area contributed by atoms with Crippen LogP contribution < -0.4 is 9.47 Å². The van der Waals surface area contributed by atoms with E-state index in [1.165, 1.54) is 103 Å². The van der Waals surface area contributed by atoms with Crippen molar-refractivity contribution in [1.29, 1.82) is 0 Å². The van der Waals surface area contributed by atoms with Gasteiger partial charge in [-0.3, -0.25) is 24.9 Å². The Morgan fingerprint density at radius 1 is 0.320 bits per heavy atom. The van der Waals surface area contributed by atoms with Gasteiger partial charge in [-0.25, -0.2) is 0 Å². The summed E-state index contributed by atoms with van der Waals surface area (Å²) in [5.74, 6) is 1.94. The Labute approximate surface area is 618 Å². The maximum Gasteiger partial charge on any atom is 0.124 e. The average Bonchev–Trinajstić information content (AvgIpc) is 1.86. The smallest absolute Gasteiger partial charge is 0.124 e. The monoisotopic (exact) mass is 1390 g/mol. The highest BCUT2D eigenvalue weighted by atomic mass is 32.1. The van der Waals surface area contributed by atoms with Gasteiger partial charge >= 0.3 is 0 Å². The van der Waals surface area contributed by atoms with Crippen molar-refractivity contribution in [3.63, 3.8) is 0 Å². The molecule has 7 aromatic heterocycles. The van der Waals surface area contributed by atoms with E-state index in [0.29, 0.717) is 0 Å². The van der Waals surface area contributed by atoms with Gasteiger partial charge in [-0.2, -0.15) is 0 Å². The number of aromatic nitrogens is 5. The molecule has 8 aromatic carbocycles. The highest BCUT2D eigenvalue weighted by Crippen LogP contribution is 2.29. The zero-order valence-electron chi connectivity index (χ0n) is 62.1. The summed E-state index contributed by atoms with van der Waals surface area (Å²) >= 11 is 3.75. The number of fused-ring (bicyclic) bond motifs is 5. The van der Waals surface area contributed by atoms with Crippen LogP contribution in [0.1, 0.15) is 118 Å². The van der Waals surface area contributed by atoms with Crippen LogP contribution in [0.15, 0.2) is 242 Å². The molecule has 0 N–H and O–H groups in total. The van der Waals surface area contributed by atoms with Gasteiger partial charge in [-0.1, -0.05) is 181 Å². The number of benzene rings is 8. The highest BCUT2D eigenvalue weighted by molar-refractivity contribution is 7.11. The third kappa shape index (κ3) is 21.0. The summed E-state index contributed by atoms with van der Waals surface area (Å²) in [6, 6.07) is 83.7. The molecule has 103 heavy (non-hydrogen) atoms. The van der Waals surface area contributed by atoms with E-state index in [-0.39, 0.29) is 6.10 Å². The van der Waals surface area contributed by atoms with Crippen LogP contribution in [0.2, 0.25) is 0 Å². The van der Waals surface area contributed by atoms with Gasteiger partial charge < -0.3 is 9.47 Å². The second-order valence-electron chi connectivity index (χ2n) is 27.4. The SMILES string of the molecule is COc1c(C)cccc1CCc1cccc2ccc(C)nc12.Cc1ccc(CCc2cccc3ccc(C)nc23)cc1.Cc1ccc2cccc(CCc3ccc(C)s3)c2n1.Cc1ccc2cccc(CCc3ccc(OC(C)C)cc3)c2n1.Cc1csc(CCc2cccc3ccc(C)nc23)c1. The third-order valence-electron chi connectivity index (χ3n) is 18.5. The standard InChI is InChI=1S/C21H23NO.C20H21NO.C19H19N.2C17H17NS/c1-15(2)23-20-13-9-17(10-14-20)8-12-19-6-4-5-18-11-7-16(3)22-21(18)19;1-14-6-4-9-18(20(14)22-3)13-12-17-8-5-7-16-11-10-15(2)21-19(16)17;1-14-6-9-16(10-7-14)11-13-18-5-3-4-17-12-8-15(2)20-19(17)18;1-12-6-8-14-4-3-5-15(17(14)18-12)9-11-16-10-7-13(2)19-16;1-12-10-16(19-11-12)9-8-15-5-3-4-14-7-6-13(2)18-17(14)15/h4-7,9-11,13-15H,8,12H2,1-3H3;4-11H,12-13H2,1-3H3;3-10,12H,11,13H2,1-2H3;3-8,10H,9,11H2,1-2H3;3-7,10-11H,8-9H2,1-2H3. The first kappa shape index (κ1) is 74.0. The molecule has 0 aliphatic rings. The van der Waals surface area contributed by atoms with E-state index in [1.54, 1.807) is 7.11 Å². The first-order chi connectivity index (χ1) is 50.0. The maximum absolute atomic E-state index is 5.69. The van der Waals surface area contributed by atoms with E-state index in [0.717, 1.165) is 132 Å². The van der Waals surface area contributed by atoms with Gasteiger partial charge in [-0.15, -0.1) is 22.7 Å². The Hall–Kier alpha value is -10.2. The van der Waals surface area contributed by atoms with Crippen LogP contribution in [0.4, 0.5) is 0 Å². The molecule has 15 rings (SSSR count). The first-order valence-electron chi connectivity index (χ1n) is 36.3. The third-order valence-corrected chi connectivity index (χ3v) is 20.7. The van der Waals surface area contributed by atoms with Crippen molar-refractivity contribution < 1.29 is 9.47 Å². The number of hydrogen-bond acceptors (Lipinski definition) is 9.